The monoisotopic (exact) mass is 253 g/mol. The number of carbonyl (C=O) groups is 1. The Morgan fingerprint density at radius 1 is 1.28 bits per heavy atom. The molecule has 18 heavy (non-hydrogen) atoms. The second-order valence-electron chi connectivity index (χ2n) is 6.35. The summed E-state index contributed by atoms with van der Waals surface area (Å²) in [5, 5.41) is 3.16. The van der Waals surface area contributed by atoms with Crippen molar-refractivity contribution in [3.05, 3.63) is 0 Å². The highest BCUT2D eigenvalue weighted by Gasteiger charge is 2.36. The van der Waals surface area contributed by atoms with E-state index in [1.165, 1.54) is 19.3 Å². The van der Waals surface area contributed by atoms with Crippen molar-refractivity contribution in [3.8, 4) is 0 Å². The van der Waals surface area contributed by atoms with E-state index in [0.29, 0.717) is 18.1 Å². The third kappa shape index (κ3) is 2.86. The first-order chi connectivity index (χ1) is 8.49. The number of nitrogens with two attached hydrogens (primary N) is 1. The number of nitrogens with zero attached hydrogens (tertiary/aromatic N) is 1. The van der Waals surface area contributed by atoms with Crippen LogP contribution in [0.2, 0.25) is 0 Å². The maximum atomic E-state index is 12.0. The minimum absolute atomic E-state index is 0.0256. The second-order valence-corrected chi connectivity index (χ2v) is 6.35. The largest absolute Gasteiger partial charge is 0.352 e. The van der Waals surface area contributed by atoms with E-state index in [4.69, 9.17) is 5.73 Å². The third-order valence-corrected chi connectivity index (χ3v) is 4.71. The van der Waals surface area contributed by atoms with Gasteiger partial charge in [0.2, 0.25) is 5.91 Å². The molecule has 2 rings (SSSR count). The maximum Gasteiger partial charge on any atom is 0.237 e. The van der Waals surface area contributed by atoms with Crippen LogP contribution in [0.4, 0.5) is 0 Å². The SMILES string of the molecule is CC(C)[C@@H](N)C(=O)NC1CC2CCCC(C1)N2C. The van der Waals surface area contributed by atoms with Crippen LogP contribution in [0.1, 0.15) is 46.0 Å². The molecule has 0 radical (unpaired) electrons. The van der Waals surface area contributed by atoms with Crippen LogP contribution in [0.3, 0.4) is 0 Å². The van der Waals surface area contributed by atoms with Crippen molar-refractivity contribution in [2.75, 3.05) is 7.05 Å². The molecule has 0 aromatic heterocycles. The molecule has 4 nitrogen and oxygen atoms in total. The van der Waals surface area contributed by atoms with Gasteiger partial charge in [0.05, 0.1) is 6.04 Å². The normalized spacial score (nSPS) is 34.4. The lowest BCUT2D eigenvalue weighted by Crippen LogP contribution is -2.57. The van der Waals surface area contributed by atoms with Crippen LogP contribution >= 0.6 is 0 Å². The van der Waals surface area contributed by atoms with Crippen molar-refractivity contribution < 1.29 is 4.79 Å². The number of amides is 1. The smallest absolute Gasteiger partial charge is 0.237 e. The topological polar surface area (TPSA) is 58.4 Å². The van der Waals surface area contributed by atoms with Crippen LogP contribution in [0.15, 0.2) is 0 Å². The molecule has 0 aliphatic carbocycles. The number of hydrogen-bond donors (Lipinski definition) is 2. The van der Waals surface area contributed by atoms with Crippen molar-refractivity contribution >= 4 is 5.91 Å². The Balaban J connectivity index is 1.90. The Bertz CT molecular complexity index is 291. The van der Waals surface area contributed by atoms with Crippen LogP contribution in [0.5, 0.6) is 0 Å². The van der Waals surface area contributed by atoms with Crippen molar-refractivity contribution in [1.29, 1.82) is 0 Å². The lowest BCUT2D eigenvalue weighted by atomic mass is 9.82. The van der Waals surface area contributed by atoms with Crippen LogP contribution in [0, 0.1) is 5.92 Å². The van der Waals surface area contributed by atoms with Gasteiger partial charge in [0.1, 0.15) is 0 Å². The molecule has 0 aromatic carbocycles. The van der Waals surface area contributed by atoms with Gasteiger partial charge in [-0.05, 0) is 38.6 Å². The predicted molar refractivity (Wildman–Crippen MR) is 73.2 cm³/mol. The highest BCUT2D eigenvalue weighted by molar-refractivity contribution is 5.82. The molecular formula is C14H27N3O. The first-order valence-electron chi connectivity index (χ1n) is 7.27. The molecule has 2 heterocycles. The zero-order chi connectivity index (χ0) is 13.3. The zero-order valence-electron chi connectivity index (χ0n) is 11.9. The average molecular weight is 253 g/mol. The number of carbonyl (C=O) groups excluding carboxylic acids is 1. The van der Waals surface area contributed by atoms with E-state index in [9.17, 15) is 4.79 Å². The molecule has 0 saturated carbocycles. The van der Waals surface area contributed by atoms with E-state index in [-0.39, 0.29) is 17.9 Å². The van der Waals surface area contributed by atoms with Crippen LogP contribution in [-0.2, 0) is 4.79 Å². The van der Waals surface area contributed by atoms with Gasteiger partial charge in [-0.15, -0.1) is 0 Å². The van der Waals surface area contributed by atoms with Crippen molar-refractivity contribution in [2.45, 2.75) is 70.1 Å². The lowest BCUT2D eigenvalue weighted by molar-refractivity contribution is -0.124. The first-order valence-corrected chi connectivity index (χ1v) is 7.27. The molecule has 2 saturated heterocycles. The van der Waals surface area contributed by atoms with E-state index in [1.807, 2.05) is 13.8 Å². The van der Waals surface area contributed by atoms with Crippen LogP contribution < -0.4 is 11.1 Å². The van der Waals surface area contributed by atoms with E-state index < -0.39 is 0 Å². The molecule has 104 valence electrons. The summed E-state index contributed by atoms with van der Waals surface area (Å²) in [6, 6.07) is 1.26. The van der Waals surface area contributed by atoms with Gasteiger partial charge >= 0.3 is 0 Å². The molecule has 1 amide bonds. The van der Waals surface area contributed by atoms with Gasteiger partial charge < -0.3 is 16.0 Å². The summed E-state index contributed by atoms with van der Waals surface area (Å²) in [7, 11) is 2.23. The molecule has 0 aromatic rings. The van der Waals surface area contributed by atoms with Gasteiger partial charge in [-0.25, -0.2) is 0 Å². The Hall–Kier alpha value is -0.610. The van der Waals surface area contributed by atoms with Gasteiger partial charge in [0.25, 0.3) is 0 Å². The molecule has 2 aliphatic heterocycles. The van der Waals surface area contributed by atoms with Gasteiger partial charge in [0.15, 0.2) is 0 Å². The number of nitrogens with one attached hydrogen (secondary N) is 1. The summed E-state index contributed by atoms with van der Waals surface area (Å²) in [6.45, 7) is 3.99. The first kappa shape index (κ1) is 13.8. The Morgan fingerprint density at radius 2 is 1.83 bits per heavy atom. The number of rotatable bonds is 3. The third-order valence-electron chi connectivity index (χ3n) is 4.71. The van der Waals surface area contributed by atoms with E-state index in [2.05, 4.69) is 17.3 Å². The molecule has 3 atom stereocenters. The fourth-order valence-corrected chi connectivity index (χ4v) is 3.33. The molecule has 2 fully saturated rings. The molecular weight excluding hydrogens is 226 g/mol. The molecule has 3 N–H and O–H groups in total. The highest BCUT2D eigenvalue weighted by atomic mass is 16.2. The summed E-state index contributed by atoms with van der Waals surface area (Å²) in [5.41, 5.74) is 5.90. The highest BCUT2D eigenvalue weighted by Crippen LogP contribution is 2.32. The van der Waals surface area contributed by atoms with Gasteiger partial charge in [-0.3, -0.25) is 4.79 Å². The maximum absolute atomic E-state index is 12.0. The lowest BCUT2D eigenvalue weighted by Gasteiger charge is -2.47. The fourth-order valence-electron chi connectivity index (χ4n) is 3.33. The van der Waals surface area contributed by atoms with Crippen molar-refractivity contribution in [2.24, 2.45) is 11.7 Å². The minimum Gasteiger partial charge on any atom is -0.352 e. The zero-order valence-corrected chi connectivity index (χ0v) is 11.9. The minimum atomic E-state index is -0.371. The fraction of sp³-hybridized carbons (Fsp3) is 0.929. The van der Waals surface area contributed by atoms with Gasteiger partial charge in [0, 0.05) is 18.1 Å². The van der Waals surface area contributed by atoms with Gasteiger partial charge in [-0.1, -0.05) is 20.3 Å². The number of hydrogen-bond acceptors (Lipinski definition) is 3. The second kappa shape index (κ2) is 5.57. The standard InChI is InChI=1S/C14H27N3O/c1-9(2)13(15)14(18)16-10-7-11-5-4-6-12(8-10)17(11)3/h9-13H,4-8,15H2,1-3H3,(H,16,18)/t10?,11?,12?,13-/m1/s1. The van der Waals surface area contributed by atoms with Gasteiger partial charge in [-0.2, -0.15) is 0 Å². The molecule has 4 heteroatoms. The van der Waals surface area contributed by atoms with Crippen LogP contribution in [-0.4, -0.2) is 42.0 Å². The number of piperidine rings is 2. The molecule has 2 aliphatic rings. The van der Waals surface area contributed by atoms with E-state index in [0.717, 1.165) is 12.8 Å². The summed E-state index contributed by atoms with van der Waals surface area (Å²) < 4.78 is 0. The Labute approximate surface area is 110 Å². The molecule has 0 spiro atoms. The summed E-state index contributed by atoms with van der Waals surface area (Å²) in [5.74, 6) is 0.230. The van der Waals surface area contributed by atoms with Crippen molar-refractivity contribution in [1.82, 2.24) is 10.2 Å². The van der Waals surface area contributed by atoms with Crippen LogP contribution in [0.25, 0.3) is 0 Å². The Kier molecular flexibility index (Phi) is 4.28. The summed E-state index contributed by atoms with van der Waals surface area (Å²) in [4.78, 5) is 14.5. The molecule has 2 unspecified atom stereocenters. The van der Waals surface area contributed by atoms with E-state index >= 15 is 0 Å². The predicted octanol–water partition coefficient (Wildman–Crippen LogP) is 1.10. The summed E-state index contributed by atoms with van der Waals surface area (Å²) in [6.07, 6.45) is 6.06. The molecule has 2 bridgehead atoms. The average Bonchev–Trinajstić information content (AvgIpc) is 2.29. The summed E-state index contributed by atoms with van der Waals surface area (Å²) >= 11 is 0. The van der Waals surface area contributed by atoms with Crippen molar-refractivity contribution in [3.63, 3.8) is 0 Å². The quantitative estimate of drug-likeness (QED) is 0.792. The number of fused-ring (bicyclic) bond motifs is 2. The Morgan fingerprint density at radius 3 is 2.33 bits per heavy atom. The van der Waals surface area contributed by atoms with E-state index in [1.54, 1.807) is 0 Å².